The van der Waals surface area contributed by atoms with Gasteiger partial charge in [-0.3, -0.25) is 0 Å². The Morgan fingerprint density at radius 3 is 2.28 bits per heavy atom. The largest absolute Gasteiger partial charge is 0.379 e. The van der Waals surface area contributed by atoms with Crippen molar-refractivity contribution in [3.05, 3.63) is 34.9 Å². The molecule has 102 valence electrons. The first kappa shape index (κ1) is 15.5. The van der Waals surface area contributed by atoms with Crippen LogP contribution in [0.1, 0.15) is 16.7 Å². The van der Waals surface area contributed by atoms with Gasteiger partial charge in [-0.1, -0.05) is 29.3 Å². The predicted molar refractivity (Wildman–Crippen MR) is 74.9 cm³/mol. The van der Waals surface area contributed by atoms with E-state index in [2.05, 4.69) is 0 Å². The van der Waals surface area contributed by atoms with Crippen molar-refractivity contribution >= 4 is 21.4 Å². The molecule has 1 aromatic rings. The summed E-state index contributed by atoms with van der Waals surface area (Å²) >= 11 is 5.44. The van der Waals surface area contributed by atoms with Crippen LogP contribution in [-0.4, -0.2) is 33.3 Å². The van der Waals surface area contributed by atoms with Crippen molar-refractivity contribution in [2.24, 2.45) is 0 Å². The molecule has 0 aliphatic rings. The average molecular weight is 291 g/mol. The fourth-order valence-corrected chi connectivity index (χ4v) is 3.12. The van der Waals surface area contributed by atoms with Gasteiger partial charge in [-0.2, -0.15) is 0 Å². The molecule has 0 saturated carbocycles. The molecule has 0 bridgehead atoms. The summed E-state index contributed by atoms with van der Waals surface area (Å²) < 4.78 is 28.8. The zero-order valence-electron chi connectivity index (χ0n) is 10.8. The van der Waals surface area contributed by atoms with Crippen LogP contribution in [0.4, 0.5) is 0 Å². The zero-order chi connectivity index (χ0) is 13.6. The van der Waals surface area contributed by atoms with E-state index in [-0.39, 0.29) is 18.1 Å². The number of halogens is 1. The zero-order valence-corrected chi connectivity index (χ0v) is 12.4. The van der Waals surface area contributed by atoms with Crippen LogP contribution in [0.2, 0.25) is 0 Å². The Labute approximate surface area is 114 Å². The fraction of sp³-hybridized carbons (Fsp3) is 0.538. The lowest BCUT2D eigenvalue weighted by Crippen LogP contribution is -2.15. The Morgan fingerprint density at radius 2 is 1.72 bits per heavy atom. The number of aryl methyl sites for hydroxylation is 2. The van der Waals surface area contributed by atoms with Crippen LogP contribution >= 0.6 is 11.6 Å². The summed E-state index contributed by atoms with van der Waals surface area (Å²) in [5, 5.41) is 0. The third-order valence-electron chi connectivity index (χ3n) is 2.43. The summed E-state index contributed by atoms with van der Waals surface area (Å²) in [6.45, 7) is 4.53. The van der Waals surface area contributed by atoms with E-state index in [9.17, 15) is 8.42 Å². The van der Waals surface area contributed by atoms with Gasteiger partial charge in [0.15, 0.2) is 9.84 Å². The molecule has 0 amide bonds. The summed E-state index contributed by atoms with van der Waals surface area (Å²) in [6, 6.07) is 5.84. The quantitative estimate of drug-likeness (QED) is 0.572. The standard InChI is InChI=1S/C13H19ClO3S/c1-11-7-12(2)9-13(8-11)10-18(15,16)6-5-17-4-3-14/h7-9H,3-6,10H2,1-2H3. The first-order valence-corrected chi connectivity index (χ1v) is 8.20. The molecule has 3 nitrogen and oxygen atoms in total. The lowest BCUT2D eigenvalue weighted by atomic mass is 10.1. The number of ether oxygens (including phenoxy) is 1. The van der Waals surface area contributed by atoms with Crippen LogP contribution in [-0.2, 0) is 20.3 Å². The molecular weight excluding hydrogens is 272 g/mol. The topological polar surface area (TPSA) is 43.4 Å². The second kappa shape index (κ2) is 7.12. The van der Waals surface area contributed by atoms with Gasteiger partial charge in [0.1, 0.15) is 0 Å². The van der Waals surface area contributed by atoms with Gasteiger partial charge >= 0.3 is 0 Å². The first-order chi connectivity index (χ1) is 8.43. The molecule has 0 fully saturated rings. The highest BCUT2D eigenvalue weighted by molar-refractivity contribution is 7.90. The van der Waals surface area contributed by atoms with Crippen LogP contribution in [0.25, 0.3) is 0 Å². The molecule has 0 radical (unpaired) electrons. The Kier molecular flexibility index (Phi) is 6.12. The van der Waals surface area contributed by atoms with Crippen molar-refractivity contribution in [3.63, 3.8) is 0 Å². The molecule has 0 atom stereocenters. The molecule has 5 heteroatoms. The van der Waals surface area contributed by atoms with Gasteiger partial charge in [0.05, 0.1) is 24.7 Å². The van der Waals surface area contributed by atoms with Crippen molar-refractivity contribution < 1.29 is 13.2 Å². The Balaban J connectivity index is 2.59. The van der Waals surface area contributed by atoms with Gasteiger partial charge in [-0.15, -0.1) is 11.6 Å². The van der Waals surface area contributed by atoms with Gasteiger partial charge in [0.2, 0.25) is 0 Å². The molecular formula is C13H19ClO3S. The minimum atomic E-state index is -3.12. The van der Waals surface area contributed by atoms with Gasteiger partial charge in [-0.25, -0.2) is 8.42 Å². The van der Waals surface area contributed by atoms with E-state index in [0.717, 1.165) is 16.7 Å². The predicted octanol–water partition coefficient (Wildman–Crippen LogP) is 2.47. The number of rotatable bonds is 7. The molecule has 0 unspecified atom stereocenters. The van der Waals surface area contributed by atoms with E-state index in [1.807, 2.05) is 32.0 Å². The minimum Gasteiger partial charge on any atom is -0.379 e. The van der Waals surface area contributed by atoms with Crippen LogP contribution in [0.5, 0.6) is 0 Å². The summed E-state index contributed by atoms with van der Waals surface area (Å²) in [5.41, 5.74) is 3.00. The summed E-state index contributed by atoms with van der Waals surface area (Å²) in [7, 11) is -3.12. The van der Waals surface area contributed by atoms with Gasteiger partial charge in [-0.05, 0) is 19.4 Å². The van der Waals surface area contributed by atoms with E-state index in [1.54, 1.807) is 0 Å². The number of benzene rings is 1. The minimum absolute atomic E-state index is 0.0386. The van der Waals surface area contributed by atoms with Crippen molar-refractivity contribution in [2.75, 3.05) is 24.8 Å². The Morgan fingerprint density at radius 1 is 1.11 bits per heavy atom. The highest BCUT2D eigenvalue weighted by Gasteiger charge is 2.12. The first-order valence-electron chi connectivity index (χ1n) is 5.84. The Bertz CT molecular complexity index is 463. The van der Waals surface area contributed by atoms with Crippen LogP contribution in [0, 0.1) is 13.8 Å². The smallest absolute Gasteiger partial charge is 0.156 e. The molecule has 1 aromatic carbocycles. The SMILES string of the molecule is Cc1cc(C)cc(CS(=O)(=O)CCOCCCl)c1. The van der Waals surface area contributed by atoms with Gasteiger partial charge < -0.3 is 4.74 Å². The maximum Gasteiger partial charge on any atom is 0.156 e. The van der Waals surface area contributed by atoms with E-state index >= 15 is 0 Å². The highest BCUT2D eigenvalue weighted by Crippen LogP contribution is 2.12. The van der Waals surface area contributed by atoms with Crippen molar-refractivity contribution in [1.82, 2.24) is 0 Å². The molecule has 0 heterocycles. The van der Waals surface area contributed by atoms with E-state index < -0.39 is 9.84 Å². The van der Waals surface area contributed by atoms with E-state index in [4.69, 9.17) is 16.3 Å². The second-order valence-electron chi connectivity index (χ2n) is 4.39. The summed E-state index contributed by atoms with van der Waals surface area (Å²) in [6.07, 6.45) is 0. The van der Waals surface area contributed by atoms with E-state index in [0.29, 0.717) is 12.5 Å². The summed E-state index contributed by atoms with van der Waals surface area (Å²) in [4.78, 5) is 0. The van der Waals surface area contributed by atoms with Gasteiger partial charge in [0.25, 0.3) is 0 Å². The van der Waals surface area contributed by atoms with Crippen molar-refractivity contribution in [1.29, 1.82) is 0 Å². The molecule has 1 rings (SSSR count). The van der Waals surface area contributed by atoms with Crippen LogP contribution < -0.4 is 0 Å². The molecule has 0 aliphatic carbocycles. The second-order valence-corrected chi connectivity index (χ2v) is 6.95. The lowest BCUT2D eigenvalue weighted by Gasteiger charge is -2.07. The normalized spacial score (nSPS) is 11.7. The highest BCUT2D eigenvalue weighted by atomic mass is 35.5. The Hall–Kier alpha value is -0.580. The maximum atomic E-state index is 11.9. The number of hydrogen-bond acceptors (Lipinski definition) is 3. The molecule has 0 saturated heterocycles. The number of sulfone groups is 1. The third kappa shape index (κ3) is 5.85. The van der Waals surface area contributed by atoms with Gasteiger partial charge in [0, 0.05) is 5.88 Å². The van der Waals surface area contributed by atoms with Crippen LogP contribution in [0.3, 0.4) is 0 Å². The van der Waals surface area contributed by atoms with E-state index in [1.165, 1.54) is 0 Å². The monoisotopic (exact) mass is 290 g/mol. The maximum absolute atomic E-state index is 11.9. The number of alkyl halides is 1. The van der Waals surface area contributed by atoms with Crippen LogP contribution in [0.15, 0.2) is 18.2 Å². The summed E-state index contributed by atoms with van der Waals surface area (Å²) in [5.74, 6) is 0.494. The molecule has 0 aliphatic heterocycles. The molecule has 0 aromatic heterocycles. The fourth-order valence-electron chi connectivity index (χ4n) is 1.82. The molecule has 18 heavy (non-hydrogen) atoms. The average Bonchev–Trinajstić information content (AvgIpc) is 2.22. The number of hydrogen-bond donors (Lipinski definition) is 0. The third-order valence-corrected chi connectivity index (χ3v) is 4.14. The molecule has 0 N–H and O–H groups in total. The lowest BCUT2D eigenvalue weighted by molar-refractivity contribution is 0.165. The molecule has 0 spiro atoms. The van der Waals surface area contributed by atoms with Crippen molar-refractivity contribution in [3.8, 4) is 0 Å². The van der Waals surface area contributed by atoms with Crippen molar-refractivity contribution in [2.45, 2.75) is 19.6 Å².